The van der Waals surface area contributed by atoms with Gasteiger partial charge in [0.2, 0.25) is 5.91 Å². The van der Waals surface area contributed by atoms with E-state index in [4.69, 9.17) is 9.47 Å². The first-order valence-corrected chi connectivity index (χ1v) is 7.56. The number of hydrogen-bond acceptors (Lipinski definition) is 3. The van der Waals surface area contributed by atoms with E-state index in [9.17, 15) is 9.18 Å². The zero-order valence-corrected chi connectivity index (χ0v) is 13.7. The lowest BCUT2D eigenvalue weighted by Crippen LogP contribution is -2.23. The minimum absolute atomic E-state index is 0.254. The Morgan fingerprint density at radius 2 is 1.92 bits per heavy atom. The van der Waals surface area contributed by atoms with Crippen molar-refractivity contribution in [3.8, 4) is 11.5 Å². The summed E-state index contributed by atoms with van der Waals surface area (Å²) in [6.07, 6.45) is 3.51. The van der Waals surface area contributed by atoms with Gasteiger partial charge in [0.05, 0.1) is 14.2 Å². The molecular formula is C19H20FNO3. The third-order valence-corrected chi connectivity index (χ3v) is 3.50. The summed E-state index contributed by atoms with van der Waals surface area (Å²) in [5, 5.41) is 2.73. The van der Waals surface area contributed by atoms with E-state index >= 15 is 0 Å². The molecule has 0 aromatic heterocycles. The van der Waals surface area contributed by atoms with Crippen molar-refractivity contribution in [2.75, 3.05) is 20.8 Å². The number of benzene rings is 2. The van der Waals surface area contributed by atoms with E-state index in [1.165, 1.54) is 12.1 Å². The summed E-state index contributed by atoms with van der Waals surface area (Å²) in [5.74, 6) is 0.648. The highest BCUT2D eigenvalue weighted by Gasteiger charge is 2.07. The molecule has 1 N–H and O–H groups in total. The van der Waals surface area contributed by atoms with Crippen LogP contribution in [0.1, 0.15) is 11.1 Å². The number of amides is 1. The van der Waals surface area contributed by atoms with Crippen LogP contribution in [-0.4, -0.2) is 26.7 Å². The van der Waals surface area contributed by atoms with Crippen molar-refractivity contribution in [3.63, 3.8) is 0 Å². The third kappa shape index (κ3) is 4.59. The van der Waals surface area contributed by atoms with E-state index in [1.54, 1.807) is 44.6 Å². The van der Waals surface area contributed by atoms with E-state index in [0.717, 1.165) is 5.56 Å². The Balaban J connectivity index is 1.93. The molecule has 0 saturated heterocycles. The minimum atomic E-state index is -0.261. The average molecular weight is 329 g/mol. The van der Waals surface area contributed by atoms with Crippen LogP contribution in [0.25, 0.3) is 6.08 Å². The molecule has 0 aliphatic rings. The number of hydrogen-bond donors (Lipinski definition) is 1. The van der Waals surface area contributed by atoms with Crippen molar-refractivity contribution >= 4 is 12.0 Å². The molecule has 0 bridgehead atoms. The zero-order valence-electron chi connectivity index (χ0n) is 13.7. The molecule has 0 aliphatic carbocycles. The molecule has 0 saturated carbocycles. The Kier molecular flexibility index (Phi) is 6.37. The molecule has 0 spiro atoms. The number of carbonyl (C=O) groups excluding carboxylic acids is 1. The van der Waals surface area contributed by atoms with Crippen LogP contribution in [0.2, 0.25) is 0 Å². The van der Waals surface area contributed by atoms with Gasteiger partial charge in [-0.1, -0.05) is 30.3 Å². The van der Waals surface area contributed by atoms with Crippen molar-refractivity contribution in [2.45, 2.75) is 6.42 Å². The second kappa shape index (κ2) is 8.72. The maximum Gasteiger partial charge on any atom is 0.244 e. The van der Waals surface area contributed by atoms with Crippen LogP contribution >= 0.6 is 0 Å². The molecule has 0 heterocycles. The number of nitrogens with one attached hydrogen (secondary N) is 1. The van der Waals surface area contributed by atoms with Crippen LogP contribution in [-0.2, 0) is 11.2 Å². The maximum absolute atomic E-state index is 13.5. The molecule has 0 fully saturated rings. The maximum atomic E-state index is 13.5. The Hall–Kier alpha value is -2.82. The van der Waals surface area contributed by atoms with Crippen LogP contribution in [0.4, 0.5) is 4.39 Å². The highest BCUT2D eigenvalue weighted by molar-refractivity contribution is 5.92. The number of carbonyl (C=O) groups is 1. The molecule has 2 rings (SSSR count). The second-order valence-corrected chi connectivity index (χ2v) is 5.05. The SMILES string of the molecule is COc1cccc(/C=C/C(=O)NCCc2ccccc2F)c1OC. The molecule has 1 amide bonds. The van der Waals surface area contributed by atoms with Gasteiger partial charge in [0, 0.05) is 18.2 Å². The van der Waals surface area contributed by atoms with E-state index in [0.29, 0.717) is 30.0 Å². The van der Waals surface area contributed by atoms with Crippen LogP contribution < -0.4 is 14.8 Å². The van der Waals surface area contributed by atoms with Crippen molar-refractivity contribution < 1.29 is 18.7 Å². The summed E-state index contributed by atoms with van der Waals surface area (Å²) >= 11 is 0. The Morgan fingerprint density at radius 3 is 2.62 bits per heavy atom. The van der Waals surface area contributed by atoms with Crippen LogP contribution in [0.5, 0.6) is 11.5 Å². The first-order chi connectivity index (χ1) is 11.7. The highest BCUT2D eigenvalue weighted by atomic mass is 19.1. The fraction of sp³-hybridized carbons (Fsp3) is 0.211. The zero-order chi connectivity index (χ0) is 17.4. The van der Waals surface area contributed by atoms with Crippen LogP contribution in [0.15, 0.2) is 48.5 Å². The first-order valence-electron chi connectivity index (χ1n) is 7.56. The van der Waals surface area contributed by atoms with Gasteiger partial charge in [0.15, 0.2) is 11.5 Å². The lowest BCUT2D eigenvalue weighted by atomic mass is 10.1. The predicted octanol–water partition coefficient (Wildman–Crippen LogP) is 3.22. The molecule has 4 nitrogen and oxygen atoms in total. The van der Waals surface area contributed by atoms with Gasteiger partial charge >= 0.3 is 0 Å². The van der Waals surface area contributed by atoms with Crippen molar-refractivity contribution in [3.05, 3.63) is 65.5 Å². The van der Waals surface area contributed by atoms with Crippen LogP contribution in [0, 0.1) is 5.82 Å². The molecule has 2 aromatic carbocycles. The first kappa shape index (κ1) is 17.5. The van der Waals surface area contributed by atoms with E-state index < -0.39 is 0 Å². The number of para-hydroxylation sites is 1. The number of methoxy groups -OCH3 is 2. The molecule has 0 atom stereocenters. The fourth-order valence-corrected chi connectivity index (χ4v) is 2.29. The lowest BCUT2D eigenvalue weighted by molar-refractivity contribution is -0.116. The molecule has 24 heavy (non-hydrogen) atoms. The van der Waals surface area contributed by atoms with Gasteiger partial charge in [0.1, 0.15) is 5.82 Å². The summed E-state index contributed by atoms with van der Waals surface area (Å²) in [6, 6.07) is 12.0. The smallest absolute Gasteiger partial charge is 0.244 e. The lowest BCUT2D eigenvalue weighted by Gasteiger charge is -2.09. The van der Waals surface area contributed by atoms with E-state index in [2.05, 4.69) is 5.32 Å². The van der Waals surface area contributed by atoms with Gasteiger partial charge < -0.3 is 14.8 Å². The fourth-order valence-electron chi connectivity index (χ4n) is 2.29. The molecule has 0 aliphatic heterocycles. The Labute approximate surface area is 140 Å². The molecule has 0 unspecified atom stereocenters. The van der Waals surface area contributed by atoms with Crippen molar-refractivity contribution in [1.29, 1.82) is 0 Å². The van der Waals surface area contributed by atoms with Gasteiger partial charge in [-0.3, -0.25) is 4.79 Å². The van der Waals surface area contributed by atoms with E-state index in [-0.39, 0.29) is 11.7 Å². The van der Waals surface area contributed by atoms with E-state index in [1.807, 2.05) is 12.1 Å². The van der Waals surface area contributed by atoms with Gasteiger partial charge in [-0.15, -0.1) is 0 Å². The van der Waals surface area contributed by atoms with Gasteiger partial charge in [0.25, 0.3) is 0 Å². The number of halogens is 1. The quantitative estimate of drug-likeness (QED) is 0.794. The number of ether oxygens (including phenoxy) is 2. The third-order valence-electron chi connectivity index (χ3n) is 3.50. The molecule has 126 valence electrons. The highest BCUT2D eigenvalue weighted by Crippen LogP contribution is 2.31. The van der Waals surface area contributed by atoms with Gasteiger partial charge in [-0.05, 0) is 30.2 Å². The summed E-state index contributed by atoms with van der Waals surface area (Å²) in [6.45, 7) is 0.360. The van der Waals surface area contributed by atoms with Gasteiger partial charge in [-0.2, -0.15) is 0 Å². The summed E-state index contributed by atoms with van der Waals surface area (Å²) in [4.78, 5) is 11.9. The minimum Gasteiger partial charge on any atom is -0.493 e. The molecular weight excluding hydrogens is 309 g/mol. The topological polar surface area (TPSA) is 47.6 Å². The monoisotopic (exact) mass is 329 g/mol. The average Bonchev–Trinajstić information content (AvgIpc) is 2.61. The van der Waals surface area contributed by atoms with Crippen LogP contribution in [0.3, 0.4) is 0 Å². The summed E-state index contributed by atoms with van der Waals surface area (Å²) in [5.41, 5.74) is 1.32. The summed E-state index contributed by atoms with van der Waals surface area (Å²) < 4.78 is 24.0. The van der Waals surface area contributed by atoms with Gasteiger partial charge in [-0.25, -0.2) is 4.39 Å². The Morgan fingerprint density at radius 1 is 1.12 bits per heavy atom. The number of rotatable bonds is 7. The predicted molar refractivity (Wildman–Crippen MR) is 91.7 cm³/mol. The van der Waals surface area contributed by atoms with Crippen molar-refractivity contribution in [1.82, 2.24) is 5.32 Å². The standard InChI is InChI=1S/C19H20FNO3/c1-23-17-9-5-7-15(19(17)24-2)10-11-18(22)21-13-12-14-6-3-4-8-16(14)20/h3-11H,12-13H2,1-2H3,(H,21,22)/b11-10+. The van der Waals surface area contributed by atoms with Crippen molar-refractivity contribution in [2.24, 2.45) is 0 Å². The molecule has 0 radical (unpaired) electrons. The Bertz CT molecular complexity index is 728. The second-order valence-electron chi connectivity index (χ2n) is 5.05. The largest absolute Gasteiger partial charge is 0.493 e. The molecule has 2 aromatic rings. The summed E-state index contributed by atoms with van der Waals surface area (Å²) in [7, 11) is 3.10. The normalized spacial score (nSPS) is 10.6. The molecule has 5 heteroatoms.